The Kier molecular flexibility index (Phi) is 5.58. The highest BCUT2D eigenvalue weighted by Crippen LogP contribution is 2.26. The van der Waals surface area contributed by atoms with Crippen molar-refractivity contribution in [3.63, 3.8) is 0 Å². The summed E-state index contributed by atoms with van der Waals surface area (Å²) in [4.78, 5) is 16.9. The van der Waals surface area contributed by atoms with Crippen molar-refractivity contribution in [2.75, 3.05) is 4.72 Å². The van der Waals surface area contributed by atoms with Crippen LogP contribution in [0.1, 0.15) is 28.5 Å². The molecule has 0 bridgehead atoms. The fourth-order valence-corrected chi connectivity index (χ4v) is 3.79. The molecule has 0 fully saturated rings. The van der Waals surface area contributed by atoms with E-state index >= 15 is 0 Å². The Bertz CT molecular complexity index is 1070. The Labute approximate surface area is 163 Å². The lowest BCUT2D eigenvalue weighted by Gasteiger charge is -2.13. The van der Waals surface area contributed by atoms with Crippen LogP contribution < -0.4 is 4.72 Å². The molecule has 7 heteroatoms. The number of pyridine rings is 1. The van der Waals surface area contributed by atoms with E-state index in [9.17, 15) is 13.2 Å². The average molecular weight is 401 g/mol. The second-order valence-corrected chi connectivity index (χ2v) is 7.96. The molecular formula is C20H17ClN2O3S. The standard InChI is InChI=1S/C20H17ClN2O3S/c1-2-14-6-9-16(10-7-14)27(25,26)23-18-11-8-15(21)13-17(18)20(24)19-5-3-4-12-22-19/h3-13,23H,2H2,1H3. The first-order valence-electron chi connectivity index (χ1n) is 8.28. The number of nitrogens with one attached hydrogen (secondary N) is 1. The van der Waals surface area contributed by atoms with E-state index in [-0.39, 0.29) is 21.8 Å². The molecule has 1 heterocycles. The lowest BCUT2D eigenvalue weighted by Crippen LogP contribution is -2.16. The van der Waals surface area contributed by atoms with E-state index in [1.54, 1.807) is 30.3 Å². The molecule has 1 N–H and O–H groups in total. The van der Waals surface area contributed by atoms with Gasteiger partial charge in [-0.25, -0.2) is 8.42 Å². The third kappa shape index (κ3) is 4.35. The Hall–Kier alpha value is -2.70. The monoisotopic (exact) mass is 400 g/mol. The Morgan fingerprint density at radius 3 is 2.44 bits per heavy atom. The van der Waals surface area contributed by atoms with Crippen molar-refractivity contribution in [1.29, 1.82) is 0 Å². The fraction of sp³-hybridized carbons (Fsp3) is 0.100. The van der Waals surface area contributed by atoms with Crippen molar-refractivity contribution in [3.05, 3.63) is 88.7 Å². The summed E-state index contributed by atoms with van der Waals surface area (Å²) in [5.41, 5.74) is 1.52. The number of nitrogens with zero attached hydrogens (tertiary/aromatic N) is 1. The predicted octanol–water partition coefficient (Wildman–Crippen LogP) is 4.33. The number of aryl methyl sites for hydroxylation is 1. The number of carbonyl (C=O) groups is 1. The zero-order valence-electron chi connectivity index (χ0n) is 14.5. The summed E-state index contributed by atoms with van der Waals surface area (Å²) in [6.45, 7) is 1.99. The van der Waals surface area contributed by atoms with Gasteiger partial charge in [0.15, 0.2) is 0 Å². The minimum Gasteiger partial charge on any atom is -0.287 e. The van der Waals surface area contributed by atoms with Crippen molar-refractivity contribution in [1.82, 2.24) is 4.98 Å². The van der Waals surface area contributed by atoms with Crippen molar-refractivity contribution in [3.8, 4) is 0 Å². The molecule has 3 aromatic rings. The molecule has 0 aliphatic carbocycles. The summed E-state index contributed by atoms with van der Waals surface area (Å²) in [5.74, 6) is -0.419. The molecule has 2 aromatic carbocycles. The first-order chi connectivity index (χ1) is 12.9. The Morgan fingerprint density at radius 1 is 1.07 bits per heavy atom. The van der Waals surface area contributed by atoms with Gasteiger partial charge in [0.1, 0.15) is 5.69 Å². The summed E-state index contributed by atoms with van der Waals surface area (Å²) < 4.78 is 27.9. The number of ketones is 1. The van der Waals surface area contributed by atoms with Crippen LogP contribution in [0.25, 0.3) is 0 Å². The number of carbonyl (C=O) groups excluding carboxylic acids is 1. The SMILES string of the molecule is CCc1ccc(S(=O)(=O)Nc2ccc(Cl)cc2C(=O)c2ccccn2)cc1. The van der Waals surface area contributed by atoms with Crippen LogP contribution in [0, 0.1) is 0 Å². The predicted molar refractivity (Wildman–Crippen MR) is 106 cm³/mol. The highest BCUT2D eigenvalue weighted by molar-refractivity contribution is 7.92. The van der Waals surface area contributed by atoms with E-state index in [4.69, 9.17) is 11.6 Å². The molecule has 0 saturated carbocycles. The van der Waals surface area contributed by atoms with Crippen LogP contribution >= 0.6 is 11.6 Å². The van der Waals surface area contributed by atoms with Crippen molar-refractivity contribution in [2.24, 2.45) is 0 Å². The van der Waals surface area contributed by atoms with Gasteiger partial charge in [0.2, 0.25) is 5.78 Å². The van der Waals surface area contributed by atoms with Gasteiger partial charge in [-0.05, 0) is 54.4 Å². The summed E-state index contributed by atoms with van der Waals surface area (Å²) in [6.07, 6.45) is 2.31. The largest absolute Gasteiger partial charge is 0.287 e. The molecule has 27 heavy (non-hydrogen) atoms. The van der Waals surface area contributed by atoms with Gasteiger partial charge in [-0.15, -0.1) is 0 Å². The fourth-order valence-electron chi connectivity index (χ4n) is 2.54. The lowest BCUT2D eigenvalue weighted by molar-refractivity contribution is 0.103. The summed E-state index contributed by atoms with van der Waals surface area (Å²) in [6, 6.07) is 16.0. The van der Waals surface area contributed by atoms with Crippen molar-refractivity contribution < 1.29 is 13.2 Å². The van der Waals surface area contributed by atoms with E-state index in [1.165, 1.54) is 36.5 Å². The number of anilines is 1. The molecule has 0 radical (unpaired) electrons. The van der Waals surface area contributed by atoms with Gasteiger partial charge in [0.25, 0.3) is 10.0 Å². The minimum absolute atomic E-state index is 0.117. The van der Waals surface area contributed by atoms with Gasteiger partial charge in [-0.2, -0.15) is 0 Å². The van der Waals surface area contributed by atoms with Gasteiger partial charge >= 0.3 is 0 Å². The van der Waals surface area contributed by atoms with Gasteiger partial charge in [0.05, 0.1) is 10.6 Å². The highest BCUT2D eigenvalue weighted by Gasteiger charge is 2.20. The topological polar surface area (TPSA) is 76.1 Å². The molecular weight excluding hydrogens is 384 g/mol. The van der Waals surface area contributed by atoms with Crippen LogP contribution in [0.3, 0.4) is 0 Å². The van der Waals surface area contributed by atoms with Crippen molar-refractivity contribution >= 4 is 33.1 Å². The molecule has 0 unspecified atom stereocenters. The van der Waals surface area contributed by atoms with Gasteiger partial charge in [0, 0.05) is 16.8 Å². The van der Waals surface area contributed by atoms with Crippen LogP contribution in [0.15, 0.2) is 71.8 Å². The zero-order chi connectivity index (χ0) is 19.4. The summed E-state index contributed by atoms with van der Waals surface area (Å²) in [5, 5.41) is 0.324. The number of sulfonamides is 1. The van der Waals surface area contributed by atoms with Crippen LogP contribution in [-0.2, 0) is 16.4 Å². The van der Waals surface area contributed by atoms with E-state index in [1.807, 2.05) is 6.92 Å². The second kappa shape index (κ2) is 7.90. The molecule has 138 valence electrons. The second-order valence-electron chi connectivity index (χ2n) is 5.84. The molecule has 1 aromatic heterocycles. The van der Waals surface area contributed by atoms with E-state index < -0.39 is 15.8 Å². The molecule has 0 aliphatic rings. The zero-order valence-corrected chi connectivity index (χ0v) is 16.1. The Balaban J connectivity index is 1.98. The summed E-state index contributed by atoms with van der Waals surface area (Å²) in [7, 11) is -3.86. The van der Waals surface area contributed by atoms with Crippen LogP contribution in [0.4, 0.5) is 5.69 Å². The number of benzene rings is 2. The number of hydrogen-bond acceptors (Lipinski definition) is 4. The third-order valence-electron chi connectivity index (χ3n) is 4.01. The molecule has 3 rings (SSSR count). The maximum Gasteiger partial charge on any atom is 0.261 e. The molecule has 0 spiro atoms. The first-order valence-corrected chi connectivity index (χ1v) is 10.1. The maximum atomic E-state index is 12.8. The van der Waals surface area contributed by atoms with E-state index in [0.29, 0.717) is 5.02 Å². The number of hydrogen-bond donors (Lipinski definition) is 1. The molecule has 5 nitrogen and oxygen atoms in total. The highest BCUT2D eigenvalue weighted by atomic mass is 35.5. The quantitative estimate of drug-likeness (QED) is 0.625. The van der Waals surface area contributed by atoms with Gasteiger partial charge in [-0.3, -0.25) is 14.5 Å². The molecule has 0 amide bonds. The van der Waals surface area contributed by atoms with E-state index in [0.717, 1.165) is 12.0 Å². The first kappa shape index (κ1) is 19.1. The van der Waals surface area contributed by atoms with Crippen LogP contribution in [0.2, 0.25) is 5.02 Å². The molecule has 0 atom stereocenters. The van der Waals surface area contributed by atoms with Crippen LogP contribution in [-0.4, -0.2) is 19.2 Å². The van der Waals surface area contributed by atoms with Crippen LogP contribution in [0.5, 0.6) is 0 Å². The Morgan fingerprint density at radius 2 is 1.81 bits per heavy atom. The van der Waals surface area contributed by atoms with Crippen molar-refractivity contribution in [2.45, 2.75) is 18.2 Å². The smallest absolute Gasteiger partial charge is 0.261 e. The third-order valence-corrected chi connectivity index (χ3v) is 5.63. The molecule has 0 aliphatic heterocycles. The number of rotatable bonds is 6. The normalized spacial score (nSPS) is 11.2. The van der Waals surface area contributed by atoms with Gasteiger partial charge < -0.3 is 0 Å². The lowest BCUT2D eigenvalue weighted by atomic mass is 10.1. The maximum absolute atomic E-state index is 12.8. The van der Waals surface area contributed by atoms with Gasteiger partial charge in [-0.1, -0.05) is 36.7 Å². The summed E-state index contributed by atoms with van der Waals surface area (Å²) >= 11 is 6.02. The molecule has 0 saturated heterocycles. The average Bonchev–Trinajstić information content (AvgIpc) is 2.69. The minimum atomic E-state index is -3.86. The number of halogens is 1. The number of aromatic nitrogens is 1. The van der Waals surface area contributed by atoms with E-state index in [2.05, 4.69) is 9.71 Å².